The predicted octanol–water partition coefficient (Wildman–Crippen LogP) is 0.623. The summed E-state index contributed by atoms with van der Waals surface area (Å²) in [5, 5.41) is 2.65. The molecule has 0 bridgehead atoms. The molecule has 58 valence electrons. The van der Waals surface area contributed by atoms with E-state index in [0.717, 1.165) is 0 Å². The summed E-state index contributed by atoms with van der Waals surface area (Å²) in [5.41, 5.74) is 0. The van der Waals surface area contributed by atoms with Crippen LogP contribution in [-0.2, 0) is 4.79 Å². The highest BCUT2D eigenvalue weighted by Crippen LogP contribution is 1.97. The second-order valence-corrected chi connectivity index (χ2v) is 3.63. The molecule has 0 radical (unpaired) electrons. The highest BCUT2D eigenvalue weighted by Gasteiger charge is 2.08. The van der Waals surface area contributed by atoms with Crippen LogP contribution in [0.5, 0.6) is 0 Å². The molecule has 0 aliphatic carbocycles. The molecule has 0 aromatic heterocycles. The Kier molecular flexibility index (Phi) is 5.22. The normalized spacial score (nSPS) is 12.3. The highest BCUT2D eigenvalue weighted by molar-refractivity contribution is 8.02. The molecule has 1 atom stereocenters. The van der Waals surface area contributed by atoms with Crippen LogP contribution in [0.2, 0.25) is 0 Å². The molecule has 2 nitrogen and oxygen atoms in total. The van der Waals surface area contributed by atoms with E-state index in [2.05, 4.69) is 39.4 Å². The van der Waals surface area contributed by atoms with Crippen molar-refractivity contribution in [2.24, 2.45) is 0 Å². The van der Waals surface area contributed by atoms with Gasteiger partial charge in [-0.2, -0.15) is 12.6 Å². The third-order valence-electron chi connectivity index (χ3n) is 0.890. The maximum Gasteiger partial charge on any atom is 0.217 e. The van der Waals surface area contributed by atoms with Gasteiger partial charge in [0, 0.05) is 17.3 Å². The zero-order valence-corrected chi connectivity index (χ0v) is 8.38. The van der Waals surface area contributed by atoms with Crippen LogP contribution >= 0.6 is 34.1 Å². The van der Waals surface area contributed by atoms with E-state index < -0.39 is 0 Å². The van der Waals surface area contributed by atoms with Crippen molar-refractivity contribution in [3.8, 4) is 0 Å². The lowest BCUT2D eigenvalue weighted by Gasteiger charge is -2.12. The summed E-state index contributed by atoms with van der Waals surface area (Å²) < 4.78 is 0.685. The molecule has 0 aromatic rings. The van der Waals surface area contributed by atoms with Crippen LogP contribution in [0.25, 0.3) is 0 Å². The maximum atomic E-state index is 10.5. The molecule has 1 amide bonds. The number of hydrogen-bond donors (Lipinski definition) is 3. The van der Waals surface area contributed by atoms with Crippen molar-refractivity contribution >= 4 is 44.7 Å². The summed E-state index contributed by atoms with van der Waals surface area (Å²) >= 11 is 8.03. The molecule has 0 heterocycles. The van der Waals surface area contributed by atoms with Crippen molar-refractivity contribution < 1.29 is 4.79 Å². The second-order valence-electron chi connectivity index (χ2n) is 1.82. The molecule has 5 heteroatoms. The summed E-state index contributed by atoms with van der Waals surface area (Å²) in [6, 6.07) is -0.0965. The minimum atomic E-state index is -0.0965. The van der Waals surface area contributed by atoms with Crippen molar-refractivity contribution in [3.63, 3.8) is 0 Å². The van der Waals surface area contributed by atoms with Crippen molar-refractivity contribution in [1.29, 1.82) is 0 Å². The van der Waals surface area contributed by atoms with Crippen LogP contribution in [0.1, 0.15) is 6.92 Å². The fourth-order valence-electron chi connectivity index (χ4n) is 0.446. The van der Waals surface area contributed by atoms with E-state index in [4.69, 9.17) is 0 Å². The number of carbonyl (C=O) groups excluding carboxylic acids is 1. The second kappa shape index (κ2) is 5.05. The maximum absolute atomic E-state index is 10.5. The fraction of sp³-hybridized carbons (Fsp3) is 0.600. The van der Waals surface area contributed by atoms with Crippen molar-refractivity contribution in [2.75, 3.05) is 5.75 Å². The molecule has 1 N–H and O–H groups in total. The Balaban J connectivity index is 3.83. The van der Waals surface area contributed by atoms with Gasteiger partial charge in [-0.05, 0) is 0 Å². The lowest BCUT2D eigenvalue weighted by atomic mass is 10.4. The average molecular weight is 195 g/mol. The van der Waals surface area contributed by atoms with E-state index in [1.54, 1.807) is 0 Å². The van der Waals surface area contributed by atoms with Crippen LogP contribution in [-0.4, -0.2) is 22.3 Å². The molecule has 10 heavy (non-hydrogen) atoms. The van der Waals surface area contributed by atoms with Gasteiger partial charge in [0.15, 0.2) is 0 Å². The minimum Gasteiger partial charge on any atom is -0.348 e. The average Bonchev–Trinajstić information content (AvgIpc) is 1.81. The summed E-state index contributed by atoms with van der Waals surface area (Å²) in [6.07, 6.45) is 0. The Labute approximate surface area is 73.8 Å². The molecule has 0 fully saturated rings. The van der Waals surface area contributed by atoms with E-state index in [9.17, 15) is 4.79 Å². The Bertz CT molecular complexity index is 151. The SMILES string of the molecule is CC(=O)NC(CS)C(=P)S. The summed E-state index contributed by atoms with van der Waals surface area (Å²) in [7, 11) is 3.19. The quantitative estimate of drug-likeness (QED) is 0.447. The highest BCUT2D eigenvalue weighted by atomic mass is 32.1. The number of carbonyl (C=O) groups is 1. The van der Waals surface area contributed by atoms with E-state index in [-0.39, 0.29) is 11.9 Å². The zero-order chi connectivity index (χ0) is 8.15. The Morgan fingerprint density at radius 1 is 1.80 bits per heavy atom. The smallest absolute Gasteiger partial charge is 0.217 e. The molecular weight excluding hydrogens is 185 g/mol. The molecule has 1 unspecified atom stereocenters. The van der Waals surface area contributed by atoms with Crippen molar-refractivity contribution in [2.45, 2.75) is 13.0 Å². The van der Waals surface area contributed by atoms with Crippen LogP contribution in [0, 0.1) is 0 Å². The van der Waals surface area contributed by atoms with Gasteiger partial charge in [0.1, 0.15) is 0 Å². The van der Waals surface area contributed by atoms with Gasteiger partial charge >= 0.3 is 0 Å². The molecule has 0 spiro atoms. The number of hydrogen-bond acceptors (Lipinski definition) is 2. The number of rotatable bonds is 3. The van der Waals surface area contributed by atoms with Crippen LogP contribution in [0.15, 0.2) is 0 Å². The standard InChI is InChI=1S/C5H10NOPS2/c1-3(7)6-4(2-9)5(8)10/h4,8-10H,2H2,1H3,(H,6,7). The van der Waals surface area contributed by atoms with E-state index in [1.807, 2.05) is 0 Å². The first-order valence-electron chi connectivity index (χ1n) is 2.73. The summed E-state index contributed by atoms with van der Waals surface area (Å²) in [6.45, 7) is 1.46. The first-order chi connectivity index (χ1) is 4.57. The number of thiol groups is 2. The predicted molar refractivity (Wildman–Crippen MR) is 53.8 cm³/mol. The largest absolute Gasteiger partial charge is 0.348 e. The van der Waals surface area contributed by atoms with Gasteiger partial charge in [0.2, 0.25) is 5.91 Å². The molecule has 0 aromatic carbocycles. The molecular formula is C5H10NOPS2. The van der Waals surface area contributed by atoms with Crippen LogP contribution in [0.3, 0.4) is 0 Å². The fourth-order valence-corrected chi connectivity index (χ4v) is 1.37. The van der Waals surface area contributed by atoms with Crippen molar-refractivity contribution in [3.05, 3.63) is 0 Å². The van der Waals surface area contributed by atoms with Crippen LogP contribution < -0.4 is 5.32 Å². The first kappa shape index (κ1) is 10.3. The minimum absolute atomic E-state index is 0.0798. The number of amides is 1. The van der Waals surface area contributed by atoms with E-state index in [1.165, 1.54) is 6.92 Å². The third kappa shape index (κ3) is 4.20. The monoisotopic (exact) mass is 195 g/mol. The Morgan fingerprint density at radius 2 is 2.30 bits per heavy atom. The number of nitrogens with one attached hydrogen (secondary N) is 1. The first-order valence-corrected chi connectivity index (χ1v) is 4.31. The van der Waals surface area contributed by atoms with Crippen LogP contribution in [0.4, 0.5) is 0 Å². The Hall–Kier alpha value is 0.340. The van der Waals surface area contributed by atoms with Gasteiger partial charge < -0.3 is 5.32 Å². The van der Waals surface area contributed by atoms with Gasteiger partial charge in [0.25, 0.3) is 0 Å². The summed E-state index contributed by atoms with van der Waals surface area (Å²) in [5.74, 6) is 0.464. The van der Waals surface area contributed by atoms with Gasteiger partial charge in [-0.15, -0.1) is 21.5 Å². The van der Waals surface area contributed by atoms with Gasteiger partial charge in [0.05, 0.1) is 6.04 Å². The van der Waals surface area contributed by atoms with Gasteiger partial charge in [-0.25, -0.2) is 0 Å². The molecule has 0 rings (SSSR count). The topological polar surface area (TPSA) is 29.1 Å². The van der Waals surface area contributed by atoms with Crippen molar-refractivity contribution in [1.82, 2.24) is 5.32 Å². The molecule has 0 aliphatic heterocycles. The Morgan fingerprint density at radius 3 is 2.40 bits per heavy atom. The molecule has 0 saturated carbocycles. The third-order valence-corrected chi connectivity index (χ3v) is 1.92. The lowest BCUT2D eigenvalue weighted by molar-refractivity contribution is -0.119. The zero-order valence-electron chi connectivity index (χ0n) is 5.59. The van der Waals surface area contributed by atoms with Gasteiger partial charge in [-0.3, -0.25) is 4.79 Å². The van der Waals surface area contributed by atoms with Gasteiger partial charge in [-0.1, -0.05) is 0 Å². The lowest BCUT2D eigenvalue weighted by Crippen LogP contribution is -2.38. The van der Waals surface area contributed by atoms with E-state index >= 15 is 0 Å². The summed E-state index contributed by atoms with van der Waals surface area (Å²) in [4.78, 5) is 10.5. The molecule has 0 saturated heterocycles. The van der Waals surface area contributed by atoms with E-state index in [0.29, 0.717) is 10.4 Å². The molecule has 0 aliphatic rings.